The summed E-state index contributed by atoms with van der Waals surface area (Å²) in [6, 6.07) is 9.98. The monoisotopic (exact) mass is 329 g/mol. The lowest BCUT2D eigenvalue weighted by Gasteiger charge is -2.35. The molecule has 1 saturated heterocycles. The molecule has 1 amide bonds. The minimum absolute atomic E-state index is 0.0834. The third kappa shape index (κ3) is 3.29. The highest BCUT2D eigenvalue weighted by Gasteiger charge is 2.29. The number of benzene rings is 1. The van der Waals surface area contributed by atoms with Crippen LogP contribution in [0.3, 0.4) is 0 Å². The second-order valence-electron chi connectivity index (χ2n) is 6.46. The molecule has 1 aliphatic heterocycles. The molecule has 0 saturated carbocycles. The van der Waals surface area contributed by atoms with E-state index in [1.165, 1.54) is 6.42 Å². The Labute approximate surface area is 141 Å². The highest BCUT2D eigenvalue weighted by atomic mass is 32.2. The molecular weight excluding hydrogens is 306 g/mol. The summed E-state index contributed by atoms with van der Waals surface area (Å²) in [4.78, 5) is 19.5. The van der Waals surface area contributed by atoms with E-state index in [9.17, 15) is 4.79 Å². The van der Waals surface area contributed by atoms with Crippen molar-refractivity contribution in [1.29, 1.82) is 0 Å². The molecule has 1 aliphatic rings. The van der Waals surface area contributed by atoms with Crippen LogP contribution in [0.15, 0.2) is 41.7 Å². The number of hydrogen-bond acceptors (Lipinski definition) is 3. The average molecular weight is 329 g/mol. The van der Waals surface area contributed by atoms with Crippen LogP contribution in [0, 0.1) is 11.8 Å². The van der Waals surface area contributed by atoms with Crippen molar-refractivity contribution in [3.8, 4) is 5.69 Å². The van der Waals surface area contributed by atoms with Crippen LogP contribution in [-0.2, 0) is 0 Å². The summed E-state index contributed by atoms with van der Waals surface area (Å²) < 4.78 is 1.97. The largest absolute Gasteiger partial charge is 0.337 e. The molecule has 0 bridgehead atoms. The van der Waals surface area contributed by atoms with Gasteiger partial charge in [0, 0.05) is 18.8 Å². The van der Waals surface area contributed by atoms with E-state index in [0.29, 0.717) is 17.5 Å². The van der Waals surface area contributed by atoms with Crippen molar-refractivity contribution in [2.45, 2.75) is 25.4 Å². The van der Waals surface area contributed by atoms with E-state index >= 15 is 0 Å². The van der Waals surface area contributed by atoms with Crippen LogP contribution in [0.4, 0.5) is 0 Å². The van der Waals surface area contributed by atoms with Crippen molar-refractivity contribution in [3.05, 3.63) is 42.2 Å². The highest BCUT2D eigenvalue weighted by molar-refractivity contribution is 7.98. The third-order valence-electron chi connectivity index (χ3n) is 4.30. The Balaban J connectivity index is 1.97. The van der Waals surface area contributed by atoms with Gasteiger partial charge in [-0.25, -0.2) is 4.98 Å². The van der Waals surface area contributed by atoms with Gasteiger partial charge < -0.3 is 4.90 Å². The van der Waals surface area contributed by atoms with Gasteiger partial charge in [0.15, 0.2) is 5.16 Å². The number of carbonyl (C=O) groups excluding carboxylic acids is 1. The van der Waals surface area contributed by atoms with Gasteiger partial charge in [-0.3, -0.25) is 9.36 Å². The maximum atomic E-state index is 13.1. The third-order valence-corrected chi connectivity index (χ3v) is 4.95. The maximum Gasteiger partial charge on any atom is 0.272 e. The van der Waals surface area contributed by atoms with Crippen molar-refractivity contribution in [2.75, 3.05) is 19.3 Å². The number of likely N-dealkylation sites (tertiary alicyclic amines) is 1. The quantitative estimate of drug-likeness (QED) is 0.806. The number of carbonyl (C=O) groups is 1. The van der Waals surface area contributed by atoms with Crippen LogP contribution >= 0.6 is 11.8 Å². The standard InChI is InChI=1S/C18H23N3OS/c1-13-9-14(2)12-20(11-13)17(22)16-10-19-18(23-3)21(16)15-7-5-4-6-8-15/h4-8,10,13-14H,9,11-12H2,1-3H3. The molecule has 0 aliphatic carbocycles. The Morgan fingerprint density at radius 2 is 1.83 bits per heavy atom. The van der Waals surface area contributed by atoms with Gasteiger partial charge in [0.2, 0.25) is 0 Å². The van der Waals surface area contributed by atoms with Crippen LogP contribution in [0.5, 0.6) is 0 Å². The predicted octanol–water partition coefficient (Wildman–Crippen LogP) is 3.71. The molecule has 2 aromatic rings. The first-order valence-electron chi connectivity index (χ1n) is 8.06. The Morgan fingerprint density at radius 1 is 1.17 bits per heavy atom. The Morgan fingerprint density at radius 3 is 2.43 bits per heavy atom. The normalized spacial score (nSPS) is 21.4. The molecule has 1 aromatic heterocycles. The molecule has 4 nitrogen and oxygen atoms in total. The van der Waals surface area contributed by atoms with E-state index in [-0.39, 0.29) is 5.91 Å². The molecule has 5 heteroatoms. The topological polar surface area (TPSA) is 38.1 Å². The molecular formula is C18H23N3OS. The molecule has 0 spiro atoms. The van der Waals surface area contributed by atoms with E-state index < -0.39 is 0 Å². The zero-order chi connectivity index (χ0) is 16.4. The lowest BCUT2D eigenvalue weighted by atomic mass is 9.92. The Hall–Kier alpha value is -1.75. The van der Waals surface area contributed by atoms with Gasteiger partial charge in [0.1, 0.15) is 5.69 Å². The van der Waals surface area contributed by atoms with Gasteiger partial charge >= 0.3 is 0 Å². The molecule has 0 radical (unpaired) electrons. The molecule has 3 rings (SSSR count). The summed E-state index contributed by atoms with van der Waals surface area (Å²) >= 11 is 1.56. The van der Waals surface area contributed by atoms with Crippen molar-refractivity contribution in [3.63, 3.8) is 0 Å². The van der Waals surface area contributed by atoms with Crippen molar-refractivity contribution in [1.82, 2.24) is 14.5 Å². The molecule has 0 N–H and O–H groups in total. The van der Waals surface area contributed by atoms with Gasteiger partial charge in [-0.1, -0.05) is 43.8 Å². The maximum absolute atomic E-state index is 13.1. The van der Waals surface area contributed by atoms with Crippen LogP contribution in [0.2, 0.25) is 0 Å². The smallest absolute Gasteiger partial charge is 0.272 e. The second kappa shape index (κ2) is 6.79. The number of nitrogens with zero attached hydrogens (tertiary/aromatic N) is 3. The molecule has 122 valence electrons. The number of piperidine rings is 1. The molecule has 2 unspecified atom stereocenters. The van der Waals surface area contributed by atoms with Gasteiger partial charge in [-0.15, -0.1) is 0 Å². The molecule has 1 fully saturated rings. The van der Waals surface area contributed by atoms with Gasteiger partial charge in [-0.05, 0) is 36.6 Å². The van der Waals surface area contributed by atoms with E-state index in [0.717, 1.165) is 23.9 Å². The Bertz CT molecular complexity index is 673. The fraction of sp³-hybridized carbons (Fsp3) is 0.444. The van der Waals surface area contributed by atoms with Crippen molar-refractivity contribution in [2.24, 2.45) is 11.8 Å². The number of imidazole rings is 1. The first-order valence-corrected chi connectivity index (χ1v) is 9.29. The number of para-hydroxylation sites is 1. The second-order valence-corrected chi connectivity index (χ2v) is 7.23. The average Bonchev–Trinajstić information content (AvgIpc) is 2.98. The van der Waals surface area contributed by atoms with Crippen molar-refractivity contribution >= 4 is 17.7 Å². The summed E-state index contributed by atoms with van der Waals surface area (Å²) in [5.74, 6) is 1.19. The van der Waals surface area contributed by atoms with E-state index in [4.69, 9.17) is 0 Å². The SMILES string of the molecule is CSc1ncc(C(=O)N2CC(C)CC(C)C2)n1-c1ccccc1. The lowest BCUT2D eigenvalue weighted by Crippen LogP contribution is -2.43. The number of amides is 1. The molecule has 2 heterocycles. The van der Waals surface area contributed by atoms with E-state index in [1.807, 2.05) is 46.1 Å². The molecule has 23 heavy (non-hydrogen) atoms. The number of hydrogen-bond donors (Lipinski definition) is 0. The minimum Gasteiger partial charge on any atom is -0.337 e. The fourth-order valence-corrected chi connectivity index (χ4v) is 3.99. The van der Waals surface area contributed by atoms with Gasteiger partial charge in [0.25, 0.3) is 5.91 Å². The summed E-state index contributed by atoms with van der Waals surface area (Å²) in [6.45, 7) is 6.10. The number of rotatable bonds is 3. The Kier molecular flexibility index (Phi) is 4.76. The van der Waals surface area contributed by atoms with Crippen LogP contribution in [0.25, 0.3) is 5.69 Å². The minimum atomic E-state index is 0.0834. The predicted molar refractivity (Wildman–Crippen MR) is 94.2 cm³/mol. The van der Waals surface area contributed by atoms with E-state index in [1.54, 1.807) is 18.0 Å². The fourth-order valence-electron chi connectivity index (χ4n) is 3.45. The van der Waals surface area contributed by atoms with Crippen LogP contribution in [0.1, 0.15) is 30.8 Å². The first kappa shape index (κ1) is 16.1. The summed E-state index contributed by atoms with van der Waals surface area (Å²) in [5.41, 5.74) is 1.64. The summed E-state index contributed by atoms with van der Waals surface area (Å²) in [5, 5.41) is 0.845. The number of aromatic nitrogens is 2. The first-order chi connectivity index (χ1) is 11.1. The molecule has 2 atom stereocenters. The zero-order valence-electron chi connectivity index (χ0n) is 13.9. The van der Waals surface area contributed by atoms with Crippen LogP contribution in [-0.4, -0.2) is 39.7 Å². The molecule has 1 aromatic carbocycles. The van der Waals surface area contributed by atoms with E-state index in [2.05, 4.69) is 18.8 Å². The highest BCUT2D eigenvalue weighted by Crippen LogP contribution is 2.26. The lowest BCUT2D eigenvalue weighted by molar-refractivity contribution is 0.0614. The zero-order valence-corrected chi connectivity index (χ0v) is 14.7. The van der Waals surface area contributed by atoms with Gasteiger partial charge in [-0.2, -0.15) is 0 Å². The van der Waals surface area contributed by atoms with Crippen molar-refractivity contribution < 1.29 is 4.79 Å². The van der Waals surface area contributed by atoms with Gasteiger partial charge in [0.05, 0.1) is 6.20 Å². The summed E-state index contributed by atoms with van der Waals surface area (Å²) in [7, 11) is 0. The van der Waals surface area contributed by atoms with Crippen LogP contribution < -0.4 is 0 Å². The number of thioether (sulfide) groups is 1. The summed E-state index contributed by atoms with van der Waals surface area (Å²) in [6.07, 6.45) is 4.89.